The lowest BCUT2D eigenvalue weighted by atomic mass is 10.0. The van der Waals surface area contributed by atoms with Crippen molar-refractivity contribution in [2.24, 2.45) is 0 Å². The lowest BCUT2D eigenvalue weighted by Crippen LogP contribution is -2.27. The average molecular weight is 411 g/mol. The van der Waals surface area contributed by atoms with Crippen molar-refractivity contribution in [2.75, 3.05) is 24.5 Å². The highest BCUT2D eigenvalue weighted by atomic mass is 16.5. The number of hydrogen-bond donors (Lipinski definition) is 1. The SMILES string of the molecule is CCNC(=O)C(C)c1ccc(OC2CCN(c3ccc(OC(C)CC)cc3)C2)cc1. The third-order valence-electron chi connectivity index (χ3n) is 5.69. The predicted molar refractivity (Wildman–Crippen MR) is 122 cm³/mol. The Morgan fingerprint density at radius 3 is 2.37 bits per heavy atom. The van der Waals surface area contributed by atoms with Gasteiger partial charge in [0.1, 0.15) is 17.6 Å². The van der Waals surface area contributed by atoms with E-state index in [0.29, 0.717) is 6.54 Å². The van der Waals surface area contributed by atoms with E-state index in [9.17, 15) is 4.79 Å². The van der Waals surface area contributed by atoms with Gasteiger partial charge in [0.05, 0.1) is 18.6 Å². The second kappa shape index (κ2) is 10.4. The van der Waals surface area contributed by atoms with Gasteiger partial charge in [0, 0.05) is 25.2 Å². The van der Waals surface area contributed by atoms with E-state index in [0.717, 1.165) is 43.0 Å². The first-order valence-electron chi connectivity index (χ1n) is 11.1. The molecule has 1 saturated heterocycles. The molecule has 2 aromatic rings. The van der Waals surface area contributed by atoms with Crippen LogP contribution in [0.15, 0.2) is 48.5 Å². The summed E-state index contributed by atoms with van der Waals surface area (Å²) in [6.45, 7) is 10.6. The number of nitrogens with one attached hydrogen (secondary N) is 1. The minimum Gasteiger partial charge on any atom is -0.491 e. The first-order chi connectivity index (χ1) is 14.5. The van der Waals surface area contributed by atoms with Crippen molar-refractivity contribution < 1.29 is 14.3 Å². The van der Waals surface area contributed by atoms with E-state index in [1.165, 1.54) is 5.69 Å². The van der Waals surface area contributed by atoms with E-state index in [-0.39, 0.29) is 24.0 Å². The number of nitrogens with zero attached hydrogens (tertiary/aromatic N) is 1. The Labute approximate surface area is 180 Å². The second-order valence-electron chi connectivity index (χ2n) is 7.99. The van der Waals surface area contributed by atoms with Gasteiger partial charge in [-0.05, 0) is 69.2 Å². The summed E-state index contributed by atoms with van der Waals surface area (Å²) in [5, 5.41) is 2.87. The molecule has 1 fully saturated rings. The van der Waals surface area contributed by atoms with Crippen LogP contribution in [0.2, 0.25) is 0 Å². The van der Waals surface area contributed by atoms with E-state index in [4.69, 9.17) is 9.47 Å². The highest BCUT2D eigenvalue weighted by molar-refractivity contribution is 5.83. The zero-order valence-electron chi connectivity index (χ0n) is 18.6. The van der Waals surface area contributed by atoms with Crippen LogP contribution >= 0.6 is 0 Å². The number of ether oxygens (including phenoxy) is 2. The van der Waals surface area contributed by atoms with Crippen LogP contribution in [-0.4, -0.2) is 37.7 Å². The number of amides is 1. The number of rotatable bonds is 9. The van der Waals surface area contributed by atoms with E-state index in [1.54, 1.807) is 0 Å². The first-order valence-corrected chi connectivity index (χ1v) is 11.1. The lowest BCUT2D eigenvalue weighted by Gasteiger charge is -2.20. The molecule has 3 atom stereocenters. The van der Waals surface area contributed by atoms with Crippen LogP contribution in [-0.2, 0) is 4.79 Å². The molecule has 0 aliphatic carbocycles. The highest BCUT2D eigenvalue weighted by Gasteiger charge is 2.24. The molecule has 1 aliphatic heterocycles. The molecule has 2 aromatic carbocycles. The fourth-order valence-corrected chi connectivity index (χ4v) is 3.62. The van der Waals surface area contributed by atoms with Gasteiger partial charge in [0.2, 0.25) is 5.91 Å². The minimum atomic E-state index is -0.159. The molecule has 3 unspecified atom stereocenters. The minimum absolute atomic E-state index is 0.0539. The summed E-state index contributed by atoms with van der Waals surface area (Å²) < 4.78 is 12.1. The highest BCUT2D eigenvalue weighted by Crippen LogP contribution is 2.27. The first kappa shape index (κ1) is 22.0. The van der Waals surface area contributed by atoms with Crippen LogP contribution in [0.4, 0.5) is 5.69 Å². The molecule has 1 amide bonds. The Balaban J connectivity index is 1.53. The largest absolute Gasteiger partial charge is 0.491 e. The zero-order valence-corrected chi connectivity index (χ0v) is 18.6. The molecule has 0 aromatic heterocycles. The van der Waals surface area contributed by atoms with Crippen LogP contribution in [0, 0.1) is 0 Å². The van der Waals surface area contributed by atoms with Gasteiger partial charge in [-0.1, -0.05) is 19.1 Å². The van der Waals surface area contributed by atoms with Gasteiger partial charge in [-0.25, -0.2) is 0 Å². The standard InChI is InChI=1S/C25H34N2O3/c1-5-18(3)29-22-13-9-21(10-14-22)27-16-15-24(17-27)30-23-11-7-20(8-12-23)19(4)25(28)26-6-2/h7-14,18-19,24H,5-6,15-17H2,1-4H3,(H,26,28). The monoisotopic (exact) mass is 410 g/mol. The van der Waals surface area contributed by atoms with Gasteiger partial charge in [-0.15, -0.1) is 0 Å². The smallest absolute Gasteiger partial charge is 0.227 e. The van der Waals surface area contributed by atoms with Crippen molar-refractivity contribution in [3.63, 3.8) is 0 Å². The number of benzene rings is 2. The van der Waals surface area contributed by atoms with Crippen LogP contribution in [0.25, 0.3) is 0 Å². The summed E-state index contributed by atoms with van der Waals surface area (Å²) in [6.07, 6.45) is 2.38. The Morgan fingerprint density at radius 1 is 1.07 bits per heavy atom. The summed E-state index contributed by atoms with van der Waals surface area (Å²) in [7, 11) is 0. The number of hydrogen-bond acceptors (Lipinski definition) is 4. The molecule has 1 aliphatic rings. The summed E-state index contributed by atoms with van der Waals surface area (Å²) >= 11 is 0. The number of anilines is 1. The number of likely N-dealkylation sites (N-methyl/N-ethyl adjacent to an activating group) is 1. The summed E-state index contributed by atoms with van der Waals surface area (Å²) in [6, 6.07) is 16.2. The van der Waals surface area contributed by atoms with Gasteiger partial charge in [-0.3, -0.25) is 4.79 Å². The van der Waals surface area contributed by atoms with Crippen LogP contribution in [0.3, 0.4) is 0 Å². The third kappa shape index (κ3) is 5.68. The van der Waals surface area contributed by atoms with Crippen LogP contribution in [0.5, 0.6) is 11.5 Å². The topological polar surface area (TPSA) is 50.8 Å². The molecule has 1 N–H and O–H groups in total. The average Bonchev–Trinajstić information content (AvgIpc) is 3.23. The lowest BCUT2D eigenvalue weighted by molar-refractivity contribution is -0.122. The van der Waals surface area contributed by atoms with Crippen molar-refractivity contribution in [3.05, 3.63) is 54.1 Å². The Hall–Kier alpha value is -2.69. The molecular formula is C25H34N2O3. The molecule has 0 saturated carbocycles. The molecule has 30 heavy (non-hydrogen) atoms. The molecular weight excluding hydrogens is 376 g/mol. The Morgan fingerprint density at radius 2 is 1.73 bits per heavy atom. The third-order valence-corrected chi connectivity index (χ3v) is 5.69. The molecule has 3 rings (SSSR count). The van der Waals surface area contributed by atoms with Crippen molar-refractivity contribution in [1.29, 1.82) is 0 Å². The van der Waals surface area contributed by atoms with Gasteiger partial charge < -0.3 is 19.7 Å². The van der Waals surface area contributed by atoms with Crippen molar-refractivity contribution in [1.82, 2.24) is 5.32 Å². The van der Waals surface area contributed by atoms with Gasteiger partial charge >= 0.3 is 0 Å². The molecule has 1 heterocycles. The van der Waals surface area contributed by atoms with E-state index in [1.807, 2.05) is 50.2 Å². The molecule has 5 heteroatoms. The molecule has 5 nitrogen and oxygen atoms in total. The van der Waals surface area contributed by atoms with Gasteiger partial charge in [-0.2, -0.15) is 0 Å². The Bertz CT molecular complexity index is 804. The molecule has 0 radical (unpaired) electrons. The van der Waals surface area contributed by atoms with Gasteiger partial charge in [0.15, 0.2) is 0 Å². The normalized spacial score (nSPS) is 18.0. The zero-order chi connectivity index (χ0) is 21.5. The number of carbonyl (C=O) groups is 1. The molecule has 0 spiro atoms. The quantitative estimate of drug-likeness (QED) is 0.647. The van der Waals surface area contributed by atoms with Crippen molar-refractivity contribution >= 4 is 11.6 Å². The molecule has 162 valence electrons. The Kier molecular flexibility index (Phi) is 7.61. The fourth-order valence-electron chi connectivity index (χ4n) is 3.62. The number of carbonyl (C=O) groups excluding carboxylic acids is 1. The second-order valence-corrected chi connectivity index (χ2v) is 7.99. The van der Waals surface area contributed by atoms with Gasteiger partial charge in [0.25, 0.3) is 0 Å². The predicted octanol–water partition coefficient (Wildman–Crippen LogP) is 4.76. The van der Waals surface area contributed by atoms with E-state index >= 15 is 0 Å². The summed E-state index contributed by atoms with van der Waals surface area (Å²) in [5.74, 6) is 1.67. The summed E-state index contributed by atoms with van der Waals surface area (Å²) in [5.41, 5.74) is 2.20. The van der Waals surface area contributed by atoms with Crippen molar-refractivity contribution in [3.8, 4) is 11.5 Å². The van der Waals surface area contributed by atoms with E-state index < -0.39 is 0 Å². The fraction of sp³-hybridized carbons (Fsp3) is 0.480. The van der Waals surface area contributed by atoms with Crippen LogP contribution < -0.4 is 19.7 Å². The maximum atomic E-state index is 12.0. The van der Waals surface area contributed by atoms with E-state index in [2.05, 4.69) is 36.2 Å². The maximum Gasteiger partial charge on any atom is 0.227 e. The van der Waals surface area contributed by atoms with Crippen LogP contribution in [0.1, 0.15) is 52.0 Å². The molecule has 0 bridgehead atoms. The summed E-state index contributed by atoms with van der Waals surface area (Å²) in [4.78, 5) is 14.4. The maximum absolute atomic E-state index is 12.0. The van der Waals surface area contributed by atoms with Crippen molar-refractivity contribution in [2.45, 2.75) is 58.7 Å².